The number of cyclic esters (lactones) is 1. The van der Waals surface area contributed by atoms with Gasteiger partial charge in [0.2, 0.25) is 0 Å². The van der Waals surface area contributed by atoms with Gasteiger partial charge in [0.05, 0.1) is 10.9 Å². The van der Waals surface area contributed by atoms with Gasteiger partial charge >= 0.3 is 13.6 Å². The van der Waals surface area contributed by atoms with Crippen molar-refractivity contribution >= 4 is 18.9 Å². The molecule has 0 aromatic heterocycles. The van der Waals surface area contributed by atoms with Gasteiger partial charge in [0.1, 0.15) is 5.75 Å². The van der Waals surface area contributed by atoms with Crippen LogP contribution in [0.25, 0.3) is 0 Å². The van der Waals surface area contributed by atoms with Crippen molar-refractivity contribution in [3.05, 3.63) is 131 Å². The largest absolute Gasteiger partial charge is 0.441 e. The standard InChI is InChI=1S/C28H23O5P/c1-20-12-14-21(15-13-20)28(26-11-7-6-10-25(26)27(29)32-28)22-16-18-23(19-17-22)33-34(30,31-2)24-8-4-3-5-9-24/h3-19H,1-2H3. The monoisotopic (exact) mass is 470 g/mol. The van der Waals surface area contributed by atoms with E-state index in [2.05, 4.69) is 0 Å². The van der Waals surface area contributed by atoms with Gasteiger partial charge in [-0.2, -0.15) is 0 Å². The number of hydrogen-bond donors (Lipinski definition) is 0. The fraction of sp³-hybridized carbons (Fsp3) is 0.107. The van der Waals surface area contributed by atoms with Crippen molar-refractivity contribution in [3.63, 3.8) is 0 Å². The topological polar surface area (TPSA) is 61.8 Å². The molecule has 0 saturated carbocycles. The Morgan fingerprint density at radius 2 is 1.35 bits per heavy atom. The predicted molar refractivity (Wildman–Crippen MR) is 131 cm³/mol. The minimum atomic E-state index is -3.54. The van der Waals surface area contributed by atoms with E-state index in [1.54, 1.807) is 42.5 Å². The lowest BCUT2D eigenvalue weighted by Gasteiger charge is -2.30. The molecular formula is C28H23O5P. The fourth-order valence-electron chi connectivity index (χ4n) is 4.30. The zero-order valence-corrected chi connectivity index (χ0v) is 19.7. The molecule has 6 heteroatoms. The van der Waals surface area contributed by atoms with Crippen LogP contribution in [0.3, 0.4) is 0 Å². The fourth-order valence-corrected chi connectivity index (χ4v) is 5.62. The first-order valence-electron chi connectivity index (χ1n) is 10.9. The number of aryl methyl sites for hydroxylation is 1. The van der Waals surface area contributed by atoms with Crippen LogP contribution >= 0.6 is 7.60 Å². The number of carbonyl (C=O) groups is 1. The Morgan fingerprint density at radius 1 is 0.765 bits per heavy atom. The van der Waals surface area contributed by atoms with Crippen LogP contribution < -0.4 is 9.83 Å². The Kier molecular flexibility index (Phi) is 5.60. The minimum absolute atomic E-state index is 0.371. The van der Waals surface area contributed by atoms with Crippen LogP contribution in [0.2, 0.25) is 0 Å². The molecule has 4 aromatic carbocycles. The van der Waals surface area contributed by atoms with E-state index in [0.717, 1.165) is 22.3 Å². The summed E-state index contributed by atoms with van der Waals surface area (Å²) in [6.45, 7) is 2.01. The molecule has 1 aliphatic heterocycles. The first kappa shape index (κ1) is 22.1. The quantitative estimate of drug-likeness (QED) is 0.255. The van der Waals surface area contributed by atoms with Crippen molar-refractivity contribution in [2.24, 2.45) is 0 Å². The SMILES string of the molecule is COP(=O)(Oc1ccc(C2(c3ccc(C)cc3)OC(=O)c3ccccc32)cc1)c1ccccc1. The molecule has 0 aliphatic carbocycles. The van der Waals surface area contributed by atoms with Crippen LogP contribution in [-0.2, 0) is 19.4 Å². The summed E-state index contributed by atoms with van der Waals surface area (Å²) in [6, 6.07) is 31.3. The summed E-state index contributed by atoms with van der Waals surface area (Å²) in [6.07, 6.45) is 0. The average Bonchev–Trinajstić information content (AvgIpc) is 3.19. The smallest absolute Gasteiger partial charge is 0.410 e. The lowest BCUT2D eigenvalue weighted by Crippen LogP contribution is -2.29. The zero-order chi connectivity index (χ0) is 23.8. The summed E-state index contributed by atoms with van der Waals surface area (Å²) in [5.41, 5.74) is 2.94. The van der Waals surface area contributed by atoms with Crippen molar-refractivity contribution in [1.29, 1.82) is 0 Å². The first-order chi connectivity index (χ1) is 16.5. The molecule has 0 amide bonds. The second-order valence-corrected chi connectivity index (χ2v) is 10.2. The first-order valence-corrected chi connectivity index (χ1v) is 12.4. The van der Waals surface area contributed by atoms with E-state index in [1.165, 1.54) is 7.11 Å². The molecule has 170 valence electrons. The molecule has 5 rings (SSSR count). The van der Waals surface area contributed by atoms with Crippen molar-refractivity contribution in [3.8, 4) is 5.75 Å². The number of esters is 1. The maximum absolute atomic E-state index is 13.3. The third-order valence-electron chi connectivity index (χ3n) is 6.03. The summed E-state index contributed by atoms with van der Waals surface area (Å²) in [5, 5.41) is 0.469. The molecule has 1 heterocycles. The zero-order valence-electron chi connectivity index (χ0n) is 18.8. The number of fused-ring (bicyclic) bond motifs is 1. The molecule has 1 aliphatic rings. The maximum atomic E-state index is 13.3. The van der Waals surface area contributed by atoms with Crippen LogP contribution in [0.4, 0.5) is 0 Å². The van der Waals surface area contributed by atoms with Crippen LogP contribution in [0.5, 0.6) is 5.75 Å². The number of hydrogen-bond acceptors (Lipinski definition) is 5. The summed E-state index contributed by atoms with van der Waals surface area (Å²) in [5.74, 6) is 0.0129. The minimum Gasteiger partial charge on any atom is -0.441 e. The highest BCUT2D eigenvalue weighted by molar-refractivity contribution is 7.62. The van der Waals surface area contributed by atoms with Crippen LogP contribution in [0, 0.1) is 6.92 Å². The Balaban J connectivity index is 1.58. The normalized spacial score (nSPS) is 18.6. The number of benzene rings is 4. The number of carbonyl (C=O) groups excluding carboxylic acids is 1. The van der Waals surface area contributed by atoms with Gasteiger partial charge < -0.3 is 9.26 Å². The van der Waals surface area contributed by atoms with Gasteiger partial charge in [-0.25, -0.2) is 9.36 Å². The summed E-state index contributed by atoms with van der Waals surface area (Å²) >= 11 is 0. The highest BCUT2D eigenvalue weighted by Crippen LogP contribution is 2.49. The Hall–Kier alpha value is -3.66. The second-order valence-electron chi connectivity index (χ2n) is 8.11. The van der Waals surface area contributed by atoms with E-state index in [4.69, 9.17) is 13.8 Å². The summed E-state index contributed by atoms with van der Waals surface area (Å²) in [4.78, 5) is 12.8. The Morgan fingerprint density at radius 3 is 2.00 bits per heavy atom. The van der Waals surface area contributed by atoms with Gasteiger partial charge in [-0.05, 0) is 37.3 Å². The molecule has 0 spiro atoms. The van der Waals surface area contributed by atoms with Crippen molar-refractivity contribution in [1.82, 2.24) is 0 Å². The Bertz CT molecular complexity index is 1380. The van der Waals surface area contributed by atoms with E-state index >= 15 is 0 Å². The van der Waals surface area contributed by atoms with Crippen LogP contribution in [0.1, 0.15) is 32.6 Å². The highest BCUT2D eigenvalue weighted by Gasteiger charge is 2.48. The van der Waals surface area contributed by atoms with E-state index in [9.17, 15) is 9.36 Å². The lowest BCUT2D eigenvalue weighted by molar-refractivity contribution is 0.0251. The molecular weight excluding hydrogens is 447 g/mol. The van der Waals surface area contributed by atoms with Crippen molar-refractivity contribution in [2.45, 2.75) is 12.5 Å². The number of ether oxygens (including phenoxy) is 1. The highest BCUT2D eigenvalue weighted by atomic mass is 31.2. The van der Waals surface area contributed by atoms with Gasteiger partial charge in [-0.1, -0.05) is 78.4 Å². The van der Waals surface area contributed by atoms with Gasteiger partial charge in [-0.3, -0.25) is 4.52 Å². The maximum Gasteiger partial charge on any atom is 0.410 e. The van der Waals surface area contributed by atoms with E-state index < -0.39 is 13.2 Å². The molecule has 34 heavy (non-hydrogen) atoms. The third kappa shape index (κ3) is 3.63. The third-order valence-corrected chi connectivity index (χ3v) is 7.89. The van der Waals surface area contributed by atoms with E-state index in [1.807, 2.05) is 67.6 Å². The van der Waals surface area contributed by atoms with Gasteiger partial charge in [0.25, 0.3) is 0 Å². The van der Waals surface area contributed by atoms with E-state index in [-0.39, 0.29) is 5.97 Å². The van der Waals surface area contributed by atoms with Gasteiger partial charge in [0, 0.05) is 23.8 Å². The summed E-state index contributed by atoms with van der Waals surface area (Å²) < 4.78 is 30.5. The van der Waals surface area contributed by atoms with E-state index in [0.29, 0.717) is 16.6 Å². The molecule has 0 fully saturated rings. The molecule has 4 aromatic rings. The molecule has 0 bridgehead atoms. The van der Waals surface area contributed by atoms with Gasteiger partial charge in [-0.15, -0.1) is 0 Å². The molecule has 0 N–H and O–H groups in total. The van der Waals surface area contributed by atoms with Gasteiger partial charge in [0.15, 0.2) is 5.60 Å². The number of rotatable bonds is 6. The molecule has 0 saturated heterocycles. The van der Waals surface area contributed by atoms with Crippen molar-refractivity contribution < 1.29 is 23.1 Å². The van der Waals surface area contributed by atoms with Crippen molar-refractivity contribution in [2.75, 3.05) is 7.11 Å². The molecule has 2 unspecified atom stereocenters. The molecule has 2 atom stereocenters. The lowest BCUT2D eigenvalue weighted by atomic mass is 9.80. The molecule has 0 radical (unpaired) electrons. The van der Waals surface area contributed by atoms with Crippen LogP contribution in [-0.4, -0.2) is 13.1 Å². The molecule has 5 nitrogen and oxygen atoms in total. The van der Waals surface area contributed by atoms with Crippen LogP contribution in [0.15, 0.2) is 103 Å². The average molecular weight is 470 g/mol. The predicted octanol–water partition coefficient (Wildman–Crippen LogP) is 6.00. The second kappa shape index (κ2) is 8.60. The Labute approximate surface area is 198 Å². The summed E-state index contributed by atoms with van der Waals surface area (Å²) in [7, 11) is -2.18.